The Morgan fingerprint density at radius 3 is 2.42 bits per heavy atom. The minimum atomic E-state index is -0.346. The highest BCUT2D eigenvalue weighted by atomic mass is 16.5. The largest absolute Gasteiger partial charge is 0.497 e. The first-order valence-corrected chi connectivity index (χ1v) is 9.77. The fourth-order valence-electron chi connectivity index (χ4n) is 3.17. The van der Waals surface area contributed by atoms with E-state index in [0.717, 1.165) is 16.7 Å². The summed E-state index contributed by atoms with van der Waals surface area (Å²) in [7, 11) is 1.60. The first kappa shape index (κ1) is 20.1. The molecule has 0 aliphatic rings. The number of rotatable bonds is 5. The first-order chi connectivity index (χ1) is 15.0. The number of para-hydroxylation sites is 1. The number of nitrogens with one attached hydrogen (secondary N) is 2. The molecule has 3 aromatic carbocycles. The van der Waals surface area contributed by atoms with Gasteiger partial charge in [0.15, 0.2) is 0 Å². The van der Waals surface area contributed by atoms with Gasteiger partial charge in [-0.2, -0.15) is 0 Å². The standard InChI is InChI=1S/C25H21N3O3/c1-16-8-9-18(24(29)26-19-6-4-3-5-7-19)15-23(16)28-25(30)22-12-10-17-14-20(31-2)11-13-21(17)27-22/h3-15H,1-2H3,(H,26,29)(H,28,30). The van der Waals surface area contributed by atoms with Crippen LogP contribution in [-0.2, 0) is 0 Å². The first-order valence-electron chi connectivity index (χ1n) is 9.77. The summed E-state index contributed by atoms with van der Waals surface area (Å²) < 4.78 is 5.22. The predicted molar refractivity (Wildman–Crippen MR) is 122 cm³/mol. The molecule has 6 nitrogen and oxygen atoms in total. The minimum absolute atomic E-state index is 0.250. The van der Waals surface area contributed by atoms with Crippen LogP contribution in [0, 0.1) is 6.92 Å². The molecule has 4 aromatic rings. The Morgan fingerprint density at radius 1 is 0.839 bits per heavy atom. The zero-order chi connectivity index (χ0) is 21.8. The number of anilines is 2. The van der Waals surface area contributed by atoms with Crippen molar-refractivity contribution in [1.29, 1.82) is 0 Å². The number of aryl methyl sites for hydroxylation is 1. The van der Waals surface area contributed by atoms with Gasteiger partial charge in [0.05, 0.1) is 12.6 Å². The van der Waals surface area contributed by atoms with Crippen molar-refractivity contribution < 1.29 is 14.3 Å². The summed E-state index contributed by atoms with van der Waals surface area (Å²) in [4.78, 5) is 29.8. The summed E-state index contributed by atoms with van der Waals surface area (Å²) in [6.45, 7) is 1.87. The number of aromatic nitrogens is 1. The number of methoxy groups -OCH3 is 1. The normalized spacial score (nSPS) is 10.5. The van der Waals surface area contributed by atoms with E-state index in [0.29, 0.717) is 22.5 Å². The van der Waals surface area contributed by atoms with Gasteiger partial charge in [0, 0.05) is 22.3 Å². The summed E-state index contributed by atoms with van der Waals surface area (Å²) in [5, 5.41) is 6.59. The molecule has 6 heteroatoms. The third kappa shape index (κ3) is 4.53. The molecule has 2 N–H and O–H groups in total. The second-order valence-electron chi connectivity index (χ2n) is 7.06. The van der Waals surface area contributed by atoms with E-state index in [9.17, 15) is 9.59 Å². The fraction of sp³-hybridized carbons (Fsp3) is 0.0800. The third-order valence-electron chi connectivity index (χ3n) is 4.91. The van der Waals surface area contributed by atoms with Crippen LogP contribution in [0.15, 0.2) is 78.9 Å². The Bertz CT molecular complexity index is 1270. The zero-order valence-electron chi connectivity index (χ0n) is 17.2. The molecular weight excluding hydrogens is 390 g/mol. The molecule has 0 saturated carbocycles. The van der Waals surface area contributed by atoms with Gasteiger partial charge in [-0.05, 0) is 61.0 Å². The van der Waals surface area contributed by atoms with E-state index in [1.807, 2.05) is 55.5 Å². The lowest BCUT2D eigenvalue weighted by molar-refractivity contribution is 0.101. The lowest BCUT2D eigenvalue weighted by Crippen LogP contribution is -2.16. The number of amides is 2. The smallest absolute Gasteiger partial charge is 0.274 e. The fourth-order valence-corrected chi connectivity index (χ4v) is 3.17. The second-order valence-corrected chi connectivity index (χ2v) is 7.06. The summed E-state index contributed by atoms with van der Waals surface area (Å²) in [5.41, 5.74) is 3.54. The monoisotopic (exact) mass is 411 g/mol. The summed E-state index contributed by atoms with van der Waals surface area (Å²) in [5.74, 6) is 0.133. The average Bonchev–Trinajstić information content (AvgIpc) is 2.80. The highest BCUT2D eigenvalue weighted by Crippen LogP contribution is 2.22. The number of pyridine rings is 1. The van der Waals surface area contributed by atoms with Crippen molar-refractivity contribution in [2.24, 2.45) is 0 Å². The van der Waals surface area contributed by atoms with Crippen molar-refractivity contribution in [3.05, 3.63) is 95.7 Å². The number of ether oxygens (including phenoxy) is 1. The number of hydrogen-bond donors (Lipinski definition) is 2. The van der Waals surface area contributed by atoms with Gasteiger partial charge in [0.1, 0.15) is 11.4 Å². The topological polar surface area (TPSA) is 80.3 Å². The Hall–Kier alpha value is -4.19. The van der Waals surface area contributed by atoms with E-state index >= 15 is 0 Å². The van der Waals surface area contributed by atoms with Crippen LogP contribution in [0.5, 0.6) is 5.75 Å². The molecule has 0 saturated heterocycles. The molecule has 31 heavy (non-hydrogen) atoms. The summed E-state index contributed by atoms with van der Waals surface area (Å²) in [6, 6.07) is 23.4. The van der Waals surface area contributed by atoms with Crippen molar-refractivity contribution >= 4 is 34.1 Å². The van der Waals surface area contributed by atoms with E-state index in [1.165, 1.54) is 0 Å². The highest BCUT2D eigenvalue weighted by molar-refractivity contribution is 6.07. The third-order valence-corrected chi connectivity index (χ3v) is 4.91. The molecule has 4 rings (SSSR count). The molecule has 0 atom stereocenters. The van der Waals surface area contributed by atoms with Crippen molar-refractivity contribution in [3.8, 4) is 5.75 Å². The Morgan fingerprint density at radius 2 is 1.65 bits per heavy atom. The zero-order valence-corrected chi connectivity index (χ0v) is 17.2. The Balaban J connectivity index is 1.54. The van der Waals surface area contributed by atoms with E-state index in [2.05, 4.69) is 15.6 Å². The molecule has 1 heterocycles. The number of hydrogen-bond acceptors (Lipinski definition) is 4. The quantitative estimate of drug-likeness (QED) is 0.481. The van der Waals surface area contributed by atoms with Crippen molar-refractivity contribution in [2.45, 2.75) is 6.92 Å². The van der Waals surface area contributed by atoms with E-state index in [1.54, 1.807) is 37.4 Å². The maximum Gasteiger partial charge on any atom is 0.274 e. The molecule has 0 radical (unpaired) electrons. The van der Waals surface area contributed by atoms with Crippen LogP contribution in [0.25, 0.3) is 10.9 Å². The maximum absolute atomic E-state index is 12.8. The molecule has 154 valence electrons. The number of fused-ring (bicyclic) bond motifs is 1. The number of nitrogens with zero attached hydrogens (tertiary/aromatic N) is 1. The van der Waals surface area contributed by atoms with Gasteiger partial charge >= 0.3 is 0 Å². The molecule has 0 spiro atoms. The van der Waals surface area contributed by atoms with Crippen LogP contribution < -0.4 is 15.4 Å². The van der Waals surface area contributed by atoms with Crippen LogP contribution in [0.3, 0.4) is 0 Å². The van der Waals surface area contributed by atoms with Crippen LogP contribution in [0.2, 0.25) is 0 Å². The summed E-state index contributed by atoms with van der Waals surface area (Å²) in [6.07, 6.45) is 0. The SMILES string of the molecule is COc1ccc2nc(C(=O)Nc3cc(C(=O)Nc4ccccc4)ccc3C)ccc2c1. The summed E-state index contributed by atoms with van der Waals surface area (Å²) >= 11 is 0. The molecule has 0 bridgehead atoms. The van der Waals surface area contributed by atoms with E-state index < -0.39 is 0 Å². The van der Waals surface area contributed by atoms with Crippen molar-refractivity contribution in [3.63, 3.8) is 0 Å². The van der Waals surface area contributed by atoms with Crippen molar-refractivity contribution in [1.82, 2.24) is 4.98 Å². The van der Waals surface area contributed by atoms with Crippen LogP contribution in [-0.4, -0.2) is 23.9 Å². The molecule has 2 amide bonds. The Labute approximate surface area is 179 Å². The molecule has 0 fully saturated rings. The van der Waals surface area contributed by atoms with Crippen LogP contribution in [0.1, 0.15) is 26.4 Å². The predicted octanol–water partition coefficient (Wildman–Crippen LogP) is 5.06. The maximum atomic E-state index is 12.8. The molecular formula is C25H21N3O3. The van der Waals surface area contributed by atoms with E-state index in [4.69, 9.17) is 4.74 Å². The van der Waals surface area contributed by atoms with Gasteiger partial charge in [0.25, 0.3) is 11.8 Å². The number of benzene rings is 3. The molecule has 0 unspecified atom stereocenters. The number of carbonyl (C=O) groups is 2. The van der Waals surface area contributed by atoms with Crippen LogP contribution >= 0.6 is 0 Å². The lowest BCUT2D eigenvalue weighted by Gasteiger charge is -2.11. The van der Waals surface area contributed by atoms with Gasteiger partial charge in [-0.1, -0.05) is 30.3 Å². The van der Waals surface area contributed by atoms with Gasteiger partial charge in [-0.15, -0.1) is 0 Å². The molecule has 0 aliphatic carbocycles. The lowest BCUT2D eigenvalue weighted by atomic mass is 10.1. The second kappa shape index (κ2) is 8.67. The number of carbonyl (C=O) groups excluding carboxylic acids is 2. The average molecular weight is 411 g/mol. The van der Waals surface area contributed by atoms with Crippen molar-refractivity contribution in [2.75, 3.05) is 17.7 Å². The van der Waals surface area contributed by atoms with E-state index in [-0.39, 0.29) is 17.5 Å². The molecule has 1 aromatic heterocycles. The minimum Gasteiger partial charge on any atom is -0.497 e. The van der Waals surface area contributed by atoms with Gasteiger partial charge in [-0.25, -0.2) is 4.98 Å². The van der Waals surface area contributed by atoms with Crippen LogP contribution in [0.4, 0.5) is 11.4 Å². The van der Waals surface area contributed by atoms with Gasteiger partial charge < -0.3 is 15.4 Å². The van der Waals surface area contributed by atoms with Gasteiger partial charge in [0.2, 0.25) is 0 Å². The van der Waals surface area contributed by atoms with Gasteiger partial charge in [-0.3, -0.25) is 9.59 Å². The Kier molecular flexibility index (Phi) is 5.62. The molecule has 0 aliphatic heterocycles. The highest BCUT2D eigenvalue weighted by Gasteiger charge is 2.13.